The van der Waals surface area contributed by atoms with Gasteiger partial charge in [-0.2, -0.15) is 0 Å². The van der Waals surface area contributed by atoms with E-state index in [4.69, 9.17) is 0 Å². The first-order valence-electron chi connectivity index (χ1n) is 7.96. The van der Waals surface area contributed by atoms with Crippen molar-refractivity contribution in [1.29, 1.82) is 0 Å². The standard InChI is InChI=1S/C18H21N3O3/c1-13(22)14-11-17(19(2)12-14)18(24)21-9-7-20(8-10-21)15-3-5-16(23)6-4-15/h3-6,11-12,23H,7-10H2,1-2H3. The van der Waals surface area contributed by atoms with Crippen molar-refractivity contribution >= 4 is 17.4 Å². The fourth-order valence-corrected chi connectivity index (χ4v) is 2.96. The van der Waals surface area contributed by atoms with E-state index >= 15 is 0 Å². The second-order valence-electron chi connectivity index (χ2n) is 6.08. The zero-order chi connectivity index (χ0) is 17.3. The Kier molecular flexibility index (Phi) is 4.29. The van der Waals surface area contributed by atoms with Crippen molar-refractivity contribution < 1.29 is 14.7 Å². The van der Waals surface area contributed by atoms with Crippen LogP contribution in [0.2, 0.25) is 0 Å². The molecule has 0 radical (unpaired) electrons. The van der Waals surface area contributed by atoms with Crippen molar-refractivity contribution in [2.75, 3.05) is 31.1 Å². The van der Waals surface area contributed by atoms with Gasteiger partial charge in [0.25, 0.3) is 5.91 Å². The van der Waals surface area contributed by atoms with Crippen molar-refractivity contribution in [3.63, 3.8) is 0 Å². The Morgan fingerprint density at radius 1 is 1.04 bits per heavy atom. The van der Waals surface area contributed by atoms with Gasteiger partial charge in [0.1, 0.15) is 11.4 Å². The minimum atomic E-state index is -0.0460. The highest BCUT2D eigenvalue weighted by atomic mass is 16.3. The number of hydrogen-bond donors (Lipinski definition) is 1. The monoisotopic (exact) mass is 327 g/mol. The molecule has 0 spiro atoms. The molecule has 6 nitrogen and oxygen atoms in total. The number of aryl methyl sites for hydroxylation is 1. The van der Waals surface area contributed by atoms with Gasteiger partial charge in [0.15, 0.2) is 5.78 Å². The van der Waals surface area contributed by atoms with E-state index in [1.165, 1.54) is 6.92 Å². The molecule has 1 aromatic heterocycles. The Morgan fingerprint density at radius 2 is 1.67 bits per heavy atom. The number of nitrogens with zero attached hydrogens (tertiary/aromatic N) is 3. The SMILES string of the molecule is CC(=O)c1cc(C(=O)N2CCN(c3ccc(O)cc3)CC2)n(C)c1. The molecule has 2 heterocycles. The van der Waals surface area contributed by atoms with Gasteiger partial charge in [0.05, 0.1) is 0 Å². The average Bonchev–Trinajstić information content (AvgIpc) is 2.97. The predicted molar refractivity (Wildman–Crippen MR) is 91.6 cm³/mol. The number of phenols is 1. The van der Waals surface area contributed by atoms with Gasteiger partial charge in [0.2, 0.25) is 0 Å². The quantitative estimate of drug-likeness (QED) is 0.875. The van der Waals surface area contributed by atoms with Gasteiger partial charge in [-0.05, 0) is 37.3 Å². The molecular formula is C18H21N3O3. The summed E-state index contributed by atoms with van der Waals surface area (Å²) in [5.74, 6) is 0.162. The van der Waals surface area contributed by atoms with Crippen LogP contribution in [-0.4, -0.2) is 52.4 Å². The zero-order valence-electron chi connectivity index (χ0n) is 13.9. The Hall–Kier alpha value is -2.76. The number of Topliss-reactive ketones (excluding diaryl/α,β-unsaturated/α-hetero) is 1. The maximum atomic E-state index is 12.7. The van der Waals surface area contributed by atoms with Gasteiger partial charge in [0, 0.05) is 50.7 Å². The van der Waals surface area contributed by atoms with Crippen molar-refractivity contribution in [3.8, 4) is 5.75 Å². The minimum absolute atomic E-state index is 0.0400. The number of piperazine rings is 1. The molecule has 126 valence electrons. The predicted octanol–water partition coefficient (Wildman–Crippen LogP) is 1.90. The molecular weight excluding hydrogens is 306 g/mol. The van der Waals surface area contributed by atoms with E-state index in [1.54, 1.807) is 36.0 Å². The van der Waals surface area contributed by atoms with E-state index in [2.05, 4.69) is 4.90 Å². The molecule has 0 atom stereocenters. The number of anilines is 1. The number of aromatic hydroxyl groups is 1. The molecule has 2 aromatic rings. The lowest BCUT2D eigenvalue weighted by Gasteiger charge is -2.36. The summed E-state index contributed by atoms with van der Waals surface area (Å²) in [6, 6.07) is 8.75. The first-order valence-corrected chi connectivity index (χ1v) is 7.96. The van der Waals surface area contributed by atoms with Crippen LogP contribution in [0.1, 0.15) is 27.8 Å². The third-order valence-corrected chi connectivity index (χ3v) is 4.41. The van der Waals surface area contributed by atoms with Crippen LogP contribution in [0.3, 0.4) is 0 Å². The molecule has 1 aliphatic rings. The number of carbonyl (C=O) groups excluding carboxylic acids is 2. The lowest BCUT2D eigenvalue weighted by Crippen LogP contribution is -2.49. The molecule has 24 heavy (non-hydrogen) atoms. The van der Waals surface area contributed by atoms with Gasteiger partial charge >= 0.3 is 0 Å². The minimum Gasteiger partial charge on any atom is -0.508 e. The van der Waals surface area contributed by atoms with Crippen LogP contribution in [0.4, 0.5) is 5.69 Å². The molecule has 1 fully saturated rings. The summed E-state index contributed by atoms with van der Waals surface area (Å²) in [6.07, 6.45) is 1.70. The Bertz CT molecular complexity index is 756. The van der Waals surface area contributed by atoms with Crippen molar-refractivity contribution in [2.45, 2.75) is 6.92 Å². The molecule has 1 saturated heterocycles. The van der Waals surface area contributed by atoms with Crippen LogP contribution >= 0.6 is 0 Å². The summed E-state index contributed by atoms with van der Waals surface area (Å²) < 4.78 is 1.71. The highest BCUT2D eigenvalue weighted by Gasteiger charge is 2.24. The molecule has 1 aliphatic heterocycles. The molecule has 1 N–H and O–H groups in total. The topological polar surface area (TPSA) is 65.8 Å². The smallest absolute Gasteiger partial charge is 0.270 e. The van der Waals surface area contributed by atoms with Gasteiger partial charge < -0.3 is 19.5 Å². The summed E-state index contributed by atoms with van der Waals surface area (Å²) in [7, 11) is 1.78. The number of benzene rings is 1. The van der Waals surface area contributed by atoms with E-state index in [0.29, 0.717) is 24.3 Å². The number of hydrogen-bond acceptors (Lipinski definition) is 4. The Morgan fingerprint density at radius 3 is 2.21 bits per heavy atom. The van der Waals surface area contributed by atoms with Gasteiger partial charge in [-0.1, -0.05) is 0 Å². The van der Waals surface area contributed by atoms with E-state index in [0.717, 1.165) is 18.8 Å². The molecule has 1 amide bonds. The number of amides is 1. The third-order valence-electron chi connectivity index (χ3n) is 4.41. The number of phenolic OH excluding ortho intramolecular Hbond substituents is 1. The first kappa shape index (κ1) is 16.1. The van der Waals surface area contributed by atoms with Crippen LogP contribution in [0, 0.1) is 0 Å². The zero-order valence-corrected chi connectivity index (χ0v) is 13.9. The highest BCUT2D eigenvalue weighted by Crippen LogP contribution is 2.20. The Labute approximate surface area is 140 Å². The highest BCUT2D eigenvalue weighted by molar-refractivity contribution is 5.99. The lowest BCUT2D eigenvalue weighted by atomic mass is 10.2. The maximum absolute atomic E-state index is 12.7. The third kappa shape index (κ3) is 3.13. The van der Waals surface area contributed by atoms with Crippen LogP contribution in [0.25, 0.3) is 0 Å². The van der Waals surface area contributed by atoms with Crippen molar-refractivity contribution in [2.24, 2.45) is 7.05 Å². The number of ketones is 1. The molecule has 0 bridgehead atoms. The fourth-order valence-electron chi connectivity index (χ4n) is 2.96. The molecule has 0 saturated carbocycles. The van der Waals surface area contributed by atoms with Gasteiger partial charge in [-0.3, -0.25) is 9.59 Å². The van der Waals surface area contributed by atoms with Crippen LogP contribution in [0.5, 0.6) is 5.75 Å². The van der Waals surface area contributed by atoms with E-state index < -0.39 is 0 Å². The maximum Gasteiger partial charge on any atom is 0.270 e. The summed E-state index contributed by atoms with van der Waals surface area (Å²) >= 11 is 0. The van der Waals surface area contributed by atoms with Crippen LogP contribution < -0.4 is 4.90 Å². The van der Waals surface area contributed by atoms with E-state index in [9.17, 15) is 14.7 Å². The van der Waals surface area contributed by atoms with E-state index in [1.807, 2.05) is 17.0 Å². The van der Waals surface area contributed by atoms with Crippen LogP contribution in [-0.2, 0) is 7.05 Å². The second kappa shape index (κ2) is 6.39. The molecule has 0 aliphatic carbocycles. The molecule has 0 unspecified atom stereocenters. The summed E-state index contributed by atoms with van der Waals surface area (Å²) in [4.78, 5) is 28.2. The van der Waals surface area contributed by atoms with Gasteiger partial charge in [-0.15, -0.1) is 0 Å². The summed E-state index contributed by atoms with van der Waals surface area (Å²) in [5, 5.41) is 9.37. The van der Waals surface area contributed by atoms with Gasteiger partial charge in [-0.25, -0.2) is 0 Å². The number of aromatic nitrogens is 1. The summed E-state index contributed by atoms with van der Waals surface area (Å²) in [6.45, 7) is 4.22. The Balaban J connectivity index is 1.67. The van der Waals surface area contributed by atoms with Crippen molar-refractivity contribution in [1.82, 2.24) is 9.47 Å². The average molecular weight is 327 g/mol. The van der Waals surface area contributed by atoms with Crippen LogP contribution in [0.15, 0.2) is 36.5 Å². The summed E-state index contributed by atoms with van der Waals surface area (Å²) in [5.41, 5.74) is 2.14. The normalized spacial score (nSPS) is 14.8. The molecule has 6 heteroatoms. The second-order valence-corrected chi connectivity index (χ2v) is 6.08. The lowest BCUT2D eigenvalue weighted by molar-refractivity contribution is 0.0737. The fraction of sp³-hybridized carbons (Fsp3) is 0.333. The number of rotatable bonds is 3. The molecule has 3 rings (SSSR count). The van der Waals surface area contributed by atoms with E-state index in [-0.39, 0.29) is 17.4 Å². The molecule has 1 aromatic carbocycles. The largest absolute Gasteiger partial charge is 0.508 e. The van der Waals surface area contributed by atoms with Crippen molar-refractivity contribution in [3.05, 3.63) is 47.8 Å². The first-order chi connectivity index (χ1) is 11.5. The number of carbonyl (C=O) groups is 2.